The number of morpholine rings is 1. The highest BCUT2D eigenvalue weighted by Gasteiger charge is 2.39. The summed E-state index contributed by atoms with van der Waals surface area (Å²) in [6, 6.07) is 6.94. The summed E-state index contributed by atoms with van der Waals surface area (Å²) >= 11 is 0. The molecule has 4 nitrogen and oxygen atoms in total. The van der Waals surface area contributed by atoms with Crippen LogP contribution in [-0.2, 0) is 21.8 Å². The molecule has 11 heteroatoms. The first-order chi connectivity index (χ1) is 19.1. The molecule has 3 rings (SSSR count). The summed E-state index contributed by atoms with van der Waals surface area (Å²) in [5, 5.41) is 0. The third kappa shape index (κ3) is 8.92. The van der Waals surface area contributed by atoms with Crippen LogP contribution in [0.15, 0.2) is 42.5 Å². The molecule has 0 aliphatic carbocycles. The van der Waals surface area contributed by atoms with Crippen molar-refractivity contribution in [2.45, 2.75) is 77.5 Å². The first-order valence-electron chi connectivity index (χ1n) is 13.3. The van der Waals surface area contributed by atoms with Crippen molar-refractivity contribution < 1.29 is 40.2 Å². The Morgan fingerprint density at radius 2 is 1.46 bits per heavy atom. The summed E-state index contributed by atoms with van der Waals surface area (Å²) < 4.78 is 106. The number of halogens is 7. The molecule has 0 spiro atoms. The third-order valence-electron chi connectivity index (χ3n) is 6.94. The second kappa shape index (κ2) is 13.6. The zero-order chi connectivity index (χ0) is 30.5. The number of ether oxygens (including phenoxy) is 2. The molecule has 41 heavy (non-hydrogen) atoms. The van der Waals surface area contributed by atoms with Gasteiger partial charge in [0.2, 0.25) is 0 Å². The van der Waals surface area contributed by atoms with Gasteiger partial charge in [0.15, 0.2) is 6.29 Å². The maximum absolute atomic E-state index is 13.7. The molecule has 1 heterocycles. The van der Waals surface area contributed by atoms with Gasteiger partial charge in [0, 0.05) is 18.6 Å². The number of hydrogen-bond acceptors (Lipinski definition) is 4. The Morgan fingerprint density at radius 3 is 1.98 bits per heavy atom. The van der Waals surface area contributed by atoms with E-state index in [0.717, 1.165) is 0 Å². The molecule has 0 bridgehead atoms. The lowest BCUT2D eigenvalue weighted by Crippen LogP contribution is -2.47. The van der Waals surface area contributed by atoms with Crippen LogP contribution in [0, 0.1) is 17.7 Å². The first-order valence-corrected chi connectivity index (χ1v) is 13.3. The molecular formula is C30H35F7N2O2. The van der Waals surface area contributed by atoms with Crippen molar-refractivity contribution in [2.75, 3.05) is 26.2 Å². The molecule has 2 aromatic carbocycles. The van der Waals surface area contributed by atoms with Gasteiger partial charge in [-0.15, -0.1) is 0 Å². The van der Waals surface area contributed by atoms with E-state index in [4.69, 9.17) is 9.47 Å². The number of rotatable bonds is 8. The van der Waals surface area contributed by atoms with Crippen LogP contribution in [0.2, 0.25) is 0 Å². The summed E-state index contributed by atoms with van der Waals surface area (Å²) in [5.41, 5.74) is -2.54. The van der Waals surface area contributed by atoms with Gasteiger partial charge < -0.3 is 9.47 Å². The molecule has 2 unspecified atom stereocenters. The summed E-state index contributed by atoms with van der Waals surface area (Å²) in [7, 11) is 0. The molecule has 0 amide bonds. The summed E-state index contributed by atoms with van der Waals surface area (Å²) in [6.45, 7) is 11.2. The van der Waals surface area contributed by atoms with Gasteiger partial charge in [0.05, 0.1) is 43.0 Å². The van der Waals surface area contributed by atoms with Crippen molar-refractivity contribution in [2.24, 2.45) is 0 Å². The van der Waals surface area contributed by atoms with Crippen LogP contribution in [0.4, 0.5) is 30.7 Å². The maximum Gasteiger partial charge on any atom is 0.416 e. The van der Waals surface area contributed by atoms with Crippen LogP contribution < -0.4 is 0 Å². The van der Waals surface area contributed by atoms with Crippen molar-refractivity contribution in [3.8, 4) is 11.8 Å². The Labute approximate surface area is 236 Å². The van der Waals surface area contributed by atoms with E-state index in [1.54, 1.807) is 12.1 Å². The van der Waals surface area contributed by atoms with Crippen LogP contribution in [0.1, 0.15) is 69.0 Å². The SMILES string of the molecule is CC(C)N(CC#CCN1CCOC(O[C@H](C)c2cc(C(F)(F)F)cc(C(F)(F)F)c2)C1c1ccc(F)cc1)C(C)C. The average molecular weight is 589 g/mol. The highest BCUT2D eigenvalue weighted by molar-refractivity contribution is 5.35. The van der Waals surface area contributed by atoms with E-state index in [0.29, 0.717) is 49.4 Å². The predicted molar refractivity (Wildman–Crippen MR) is 141 cm³/mol. The zero-order valence-electron chi connectivity index (χ0n) is 23.6. The van der Waals surface area contributed by atoms with Crippen LogP contribution in [-0.4, -0.2) is 54.4 Å². The Kier molecular flexibility index (Phi) is 10.9. The van der Waals surface area contributed by atoms with E-state index in [9.17, 15) is 30.7 Å². The van der Waals surface area contributed by atoms with E-state index >= 15 is 0 Å². The minimum Gasteiger partial charge on any atom is -0.349 e. The molecule has 226 valence electrons. The molecule has 0 N–H and O–H groups in total. The third-order valence-corrected chi connectivity index (χ3v) is 6.94. The normalized spacial score (nSPS) is 19.5. The largest absolute Gasteiger partial charge is 0.416 e. The minimum atomic E-state index is -4.98. The highest BCUT2D eigenvalue weighted by atomic mass is 19.4. The molecule has 2 aromatic rings. The van der Waals surface area contributed by atoms with Gasteiger partial charge >= 0.3 is 12.4 Å². The van der Waals surface area contributed by atoms with Crippen LogP contribution in [0.3, 0.4) is 0 Å². The van der Waals surface area contributed by atoms with E-state index < -0.39 is 47.7 Å². The molecule has 1 saturated heterocycles. The second-order valence-electron chi connectivity index (χ2n) is 10.5. The number of hydrogen-bond donors (Lipinski definition) is 0. The Bertz CT molecular complexity index is 1160. The predicted octanol–water partition coefficient (Wildman–Crippen LogP) is 7.46. The summed E-state index contributed by atoms with van der Waals surface area (Å²) in [6.07, 6.45) is -12.2. The molecule has 0 saturated carbocycles. The van der Waals surface area contributed by atoms with Crippen molar-refractivity contribution in [3.05, 3.63) is 70.5 Å². The zero-order valence-corrected chi connectivity index (χ0v) is 23.6. The maximum atomic E-state index is 13.7. The molecule has 1 fully saturated rings. The summed E-state index contributed by atoms with van der Waals surface area (Å²) in [5.74, 6) is 5.87. The Hall–Kier alpha value is -2.65. The lowest BCUT2D eigenvalue weighted by molar-refractivity contribution is -0.228. The molecule has 0 radical (unpaired) electrons. The summed E-state index contributed by atoms with van der Waals surface area (Å²) in [4.78, 5) is 4.17. The van der Waals surface area contributed by atoms with Gasteiger partial charge in [0.1, 0.15) is 5.82 Å². The molecule has 1 aliphatic rings. The van der Waals surface area contributed by atoms with E-state index in [2.05, 4.69) is 44.4 Å². The van der Waals surface area contributed by atoms with Crippen molar-refractivity contribution >= 4 is 0 Å². The fraction of sp³-hybridized carbons (Fsp3) is 0.533. The number of nitrogens with zero attached hydrogens (tertiary/aromatic N) is 2. The number of benzene rings is 2. The molecular weight excluding hydrogens is 553 g/mol. The fourth-order valence-corrected chi connectivity index (χ4v) is 4.77. The van der Waals surface area contributed by atoms with Crippen LogP contribution >= 0.6 is 0 Å². The Morgan fingerprint density at radius 1 is 0.902 bits per heavy atom. The van der Waals surface area contributed by atoms with Crippen molar-refractivity contribution in [3.63, 3.8) is 0 Å². The van der Waals surface area contributed by atoms with Gasteiger partial charge in [-0.1, -0.05) is 24.0 Å². The fourth-order valence-electron chi connectivity index (χ4n) is 4.77. The van der Waals surface area contributed by atoms with Crippen LogP contribution in [0.25, 0.3) is 0 Å². The standard InChI is InChI=1S/C30H35F7N2O2/c1-19(2)39(20(3)4)13-7-6-12-38-14-15-40-28(27(38)22-8-10-26(31)11-9-22)41-21(5)23-16-24(29(32,33)34)18-25(17-23)30(35,36)37/h8-11,16-21,27-28H,12-15H2,1-5H3/t21-,27?,28?/m1/s1. The minimum absolute atomic E-state index is 0.0781. The van der Waals surface area contributed by atoms with Crippen molar-refractivity contribution in [1.29, 1.82) is 0 Å². The van der Waals surface area contributed by atoms with E-state index in [1.807, 2.05) is 4.90 Å². The molecule has 0 aromatic heterocycles. The Balaban J connectivity index is 1.89. The van der Waals surface area contributed by atoms with Gasteiger partial charge in [-0.05, 0) is 76.1 Å². The lowest BCUT2D eigenvalue weighted by atomic mass is 10.0. The average Bonchev–Trinajstić information content (AvgIpc) is 2.87. The second-order valence-corrected chi connectivity index (χ2v) is 10.5. The van der Waals surface area contributed by atoms with Crippen molar-refractivity contribution in [1.82, 2.24) is 9.80 Å². The van der Waals surface area contributed by atoms with Gasteiger partial charge in [-0.2, -0.15) is 26.3 Å². The monoisotopic (exact) mass is 588 g/mol. The quantitative estimate of drug-likeness (QED) is 0.236. The highest BCUT2D eigenvalue weighted by Crippen LogP contribution is 2.39. The molecule has 1 aliphatic heterocycles. The molecule has 3 atom stereocenters. The smallest absolute Gasteiger partial charge is 0.349 e. The van der Waals surface area contributed by atoms with Crippen LogP contribution in [0.5, 0.6) is 0 Å². The first kappa shape index (κ1) is 32.9. The number of alkyl halides is 6. The van der Waals surface area contributed by atoms with Gasteiger partial charge in [-0.25, -0.2) is 4.39 Å². The lowest BCUT2D eigenvalue weighted by Gasteiger charge is -2.41. The van der Waals surface area contributed by atoms with E-state index in [1.165, 1.54) is 19.1 Å². The van der Waals surface area contributed by atoms with Gasteiger partial charge in [-0.3, -0.25) is 9.80 Å². The van der Waals surface area contributed by atoms with E-state index in [-0.39, 0.29) is 18.2 Å². The van der Waals surface area contributed by atoms with Gasteiger partial charge in [0.25, 0.3) is 0 Å². The topological polar surface area (TPSA) is 24.9 Å².